The Kier molecular flexibility index (Phi) is 16.1. The lowest BCUT2D eigenvalue weighted by Gasteiger charge is -2.28. The van der Waals surface area contributed by atoms with Gasteiger partial charge < -0.3 is 23.7 Å². The number of carbonyl (C=O) groups is 2. The third-order valence-corrected chi connectivity index (χ3v) is 13.0. The summed E-state index contributed by atoms with van der Waals surface area (Å²) in [6, 6.07) is 36.1. The molecule has 0 bridgehead atoms. The second kappa shape index (κ2) is 23.1. The highest BCUT2D eigenvalue weighted by molar-refractivity contribution is 7.14. The molecule has 1 heterocycles. The van der Waals surface area contributed by atoms with Gasteiger partial charge in [-0.3, -0.25) is 5.43 Å². The van der Waals surface area contributed by atoms with Crippen LogP contribution < -0.4 is 24.4 Å². The molecule has 0 saturated heterocycles. The van der Waals surface area contributed by atoms with Crippen molar-refractivity contribution < 1.29 is 33.3 Å². The average molecular weight is 916 g/mol. The summed E-state index contributed by atoms with van der Waals surface area (Å²) in [5.41, 5.74) is 7.36. The van der Waals surface area contributed by atoms with E-state index in [2.05, 4.69) is 54.4 Å². The number of nitrogens with zero attached hydrogens (tertiary/aromatic N) is 2. The van der Waals surface area contributed by atoms with Gasteiger partial charge in [-0.1, -0.05) is 106 Å². The Morgan fingerprint density at radius 2 is 1.46 bits per heavy atom. The first-order valence-corrected chi connectivity index (χ1v) is 24.1. The Morgan fingerprint density at radius 3 is 2.27 bits per heavy atom. The van der Waals surface area contributed by atoms with Gasteiger partial charge in [-0.15, -0.1) is 17.9 Å². The van der Waals surface area contributed by atoms with Crippen molar-refractivity contribution in [1.82, 2.24) is 4.98 Å². The van der Waals surface area contributed by atoms with Gasteiger partial charge in [0.2, 0.25) is 5.13 Å². The molecular formula is C56H57N3O7S. The van der Waals surface area contributed by atoms with E-state index in [9.17, 15) is 9.59 Å². The standard InChI is InChI=1S/C56H57N3O7S/c1-4-9-38-12-14-39(15-13-38)16-17-40-18-26-51(48(31-40)36-57-59-56-58-50(37-67-56)45-21-19-41-10-6-7-11-42(41)32-45)65-55(61)47-24-27-52(53(35-47)62-3)66-54(60)46-22-20-44-34-49(25-23-43(44)33-46)64-30-8-29-63-28-5-2/h5-7,10-11,18-27,31-39H,2,4,8-9,12-17,28-30H2,1,3H3,(H,58,59)/b57-36+. The lowest BCUT2D eigenvalue weighted by molar-refractivity contribution is 0.0728. The van der Waals surface area contributed by atoms with Gasteiger partial charge in [-0.25, -0.2) is 14.6 Å². The average Bonchev–Trinajstić information content (AvgIpc) is 3.84. The first-order chi connectivity index (χ1) is 32.8. The van der Waals surface area contributed by atoms with Crippen LogP contribution in [0.2, 0.25) is 0 Å². The maximum atomic E-state index is 13.8. The maximum Gasteiger partial charge on any atom is 0.343 e. The van der Waals surface area contributed by atoms with Gasteiger partial charge in [0.15, 0.2) is 11.5 Å². The van der Waals surface area contributed by atoms with E-state index in [1.165, 1.54) is 74.5 Å². The minimum atomic E-state index is -0.603. The summed E-state index contributed by atoms with van der Waals surface area (Å²) < 4.78 is 28.7. The van der Waals surface area contributed by atoms with Gasteiger partial charge in [-0.05, 0) is 112 Å². The van der Waals surface area contributed by atoms with Crippen molar-refractivity contribution in [3.63, 3.8) is 0 Å². The summed E-state index contributed by atoms with van der Waals surface area (Å²) in [5, 5.41) is 11.3. The molecule has 344 valence electrons. The molecule has 0 radical (unpaired) electrons. The molecule has 1 saturated carbocycles. The fourth-order valence-electron chi connectivity index (χ4n) is 8.65. The van der Waals surface area contributed by atoms with Crippen molar-refractivity contribution in [3.8, 4) is 34.3 Å². The molecule has 8 rings (SSSR count). The number of fused-ring (bicyclic) bond motifs is 2. The summed E-state index contributed by atoms with van der Waals surface area (Å²) in [6.07, 6.45) is 14.0. The van der Waals surface area contributed by atoms with Crippen molar-refractivity contribution in [3.05, 3.63) is 156 Å². The number of carbonyl (C=O) groups excluding carboxylic acids is 2. The number of thiazole rings is 1. The number of esters is 2. The van der Waals surface area contributed by atoms with E-state index in [1.807, 2.05) is 60.0 Å². The highest BCUT2D eigenvalue weighted by atomic mass is 32.1. The second-order valence-corrected chi connectivity index (χ2v) is 17.8. The highest BCUT2D eigenvalue weighted by Gasteiger charge is 2.22. The summed E-state index contributed by atoms with van der Waals surface area (Å²) in [4.78, 5) is 32.0. The number of hydrogen-bond donors (Lipinski definition) is 1. The molecule has 11 heteroatoms. The molecule has 0 unspecified atom stereocenters. The van der Waals surface area contributed by atoms with Crippen LogP contribution in [0.1, 0.15) is 90.1 Å². The van der Waals surface area contributed by atoms with Gasteiger partial charge >= 0.3 is 11.9 Å². The molecule has 1 aliphatic rings. The first kappa shape index (κ1) is 46.7. The summed E-state index contributed by atoms with van der Waals surface area (Å²) in [7, 11) is 1.45. The van der Waals surface area contributed by atoms with Crippen LogP contribution in [-0.2, 0) is 11.2 Å². The lowest BCUT2D eigenvalue weighted by Crippen LogP contribution is -2.15. The number of hydrogen-bond acceptors (Lipinski definition) is 11. The van der Waals surface area contributed by atoms with Crippen LogP contribution in [-0.4, -0.2) is 50.1 Å². The Balaban J connectivity index is 0.934. The number of aromatic nitrogens is 1. The van der Waals surface area contributed by atoms with Gasteiger partial charge in [0, 0.05) is 22.9 Å². The number of ether oxygens (including phenoxy) is 5. The van der Waals surface area contributed by atoms with Crippen LogP contribution in [0.4, 0.5) is 5.13 Å². The molecule has 1 N–H and O–H groups in total. The van der Waals surface area contributed by atoms with Crippen molar-refractivity contribution >= 4 is 56.2 Å². The van der Waals surface area contributed by atoms with Gasteiger partial charge in [-0.2, -0.15) is 5.10 Å². The predicted molar refractivity (Wildman–Crippen MR) is 269 cm³/mol. The quantitative estimate of drug-likeness (QED) is 0.0188. The molecule has 0 aliphatic heterocycles. The lowest BCUT2D eigenvalue weighted by atomic mass is 9.78. The predicted octanol–water partition coefficient (Wildman–Crippen LogP) is 13.5. The summed E-state index contributed by atoms with van der Waals surface area (Å²) in [5.74, 6) is 1.87. The summed E-state index contributed by atoms with van der Waals surface area (Å²) >= 11 is 1.47. The highest BCUT2D eigenvalue weighted by Crippen LogP contribution is 2.35. The van der Waals surface area contributed by atoms with Gasteiger partial charge in [0.25, 0.3) is 0 Å². The van der Waals surface area contributed by atoms with E-state index in [1.54, 1.807) is 30.5 Å². The molecule has 67 heavy (non-hydrogen) atoms. The van der Waals surface area contributed by atoms with Crippen LogP contribution in [0, 0.1) is 11.8 Å². The van der Waals surface area contributed by atoms with E-state index in [4.69, 9.17) is 28.7 Å². The SMILES string of the molecule is C=CCOCCCOc1ccc2cc(C(=O)Oc3ccc(C(=O)Oc4ccc(CCC5CCC(CCC)CC5)cc4/C=N/Nc4nc(-c5ccc6ccccc6c5)cs4)cc3OC)ccc2c1. The topological polar surface area (TPSA) is 118 Å². The molecule has 0 amide bonds. The minimum absolute atomic E-state index is 0.165. The van der Waals surface area contributed by atoms with Gasteiger partial charge in [0.1, 0.15) is 11.5 Å². The van der Waals surface area contributed by atoms with Crippen molar-refractivity contribution in [2.45, 2.75) is 64.7 Å². The van der Waals surface area contributed by atoms with Crippen molar-refractivity contribution in [1.29, 1.82) is 0 Å². The maximum absolute atomic E-state index is 13.8. The fraction of sp³-hybridized carbons (Fsp3) is 0.286. The number of rotatable bonds is 21. The fourth-order valence-corrected chi connectivity index (χ4v) is 9.32. The van der Waals surface area contributed by atoms with Gasteiger partial charge in [0.05, 0.1) is 50.0 Å². The number of methoxy groups -OCH3 is 1. The van der Waals surface area contributed by atoms with E-state index in [0.29, 0.717) is 47.7 Å². The van der Waals surface area contributed by atoms with Crippen LogP contribution in [0.15, 0.2) is 138 Å². The van der Waals surface area contributed by atoms with Crippen molar-refractivity contribution in [2.75, 3.05) is 32.4 Å². The molecule has 1 aliphatic carbocycles. The molecule has 0 spiro atoms. The zero-order valence-corrected chi connectivity index (χ0v) is 39.0. The van der Waals surface area contributed by atoms with E-state index >= 15 is 0 Å². The number of benzene rings is 6. The largest absolute Gasteiger partial charge is 0.493 e. The van der Waals surface area contributed by atoms with Crippen LogP contribution >= 0.6 is 11.3 Å². The van der Waals surface area contributed by atoms with Crippen molar-refractivity contribution in [2.24, 2.45) is 16.9 Å². The molecule has 0 atom stereocenters. The van der Waals surface area contributed by atoms with Crippen LogP contribution in [0.5, 0.6) is 23.0 Å². The Morgan fingerprint density at radius 1 is 0.761 bits per heavy atom. The minimum Gasteiger partial charge on any atom is -0.493 e. The third kappa shape index (κ3) is 12.5. The smallest absolute Gasteiger partial charge is 0.343 e. The number of anilines is 1. The molecule has 10 nitrogen and oxygen atoms in total. The molecular weight excluding hydrogens is 859 g/mol. The third-order valence-electron chi connectivity index (χ3n) is 12.3. The van der Waals surface area contributed by atoms with E-state index in [0.717, 1.165) is 63.9 Å². The van der Waals surface area contributed by atoms with E-state index in [-0.39, 0.29) is 17.1 Å². The Bertz CT molecular complexity index is 2850. The Hall–Kier alpha value is -6.82. The molecule has 1 fully saturated rings. The molecule has 7 aromatic rings. The monoisotopic (exact) mass is 915 g/mol. The number of hydrazone groups is 1. The van der Waals surface area contributed by atoms with E-state index < -0.39 is 11.9 Å². The molecule has 1 aromatic heterocycles. The first-order valence-electron chi connectivity index (χ1n) is 23.2. The normalized spacial score (nSPS) is 14.8. The van der Waals surface area contributed by atoms with Crippen LogP contribution in [0.3, 0.4) is 0 Å². The second-order valence-electron chi connectivity index (χ2n) is 17.0. The number of aryl methyl sites for hydroxylation is 1. The Labute approximate surface area is 396 Å². The number of nitrogens with one attached hydrogen (secondary N) is 1. The zero-order chi connectivity index (χ0) is 46.4. The van der Waals surface area contributed by atoms with Crippen LogP contribution in [0.25, 0.3) is 32.8 Å². The molecule has 6 aromatic carbocycles. The summed E-state index contributed by atoms with van der Waals surface area (Å²) in [6.45, 7) is 7.57. The zero-order valence-electron chi connectivity index (χ0n) is 38.2.